The number of rotatable bonds is 9. The van der Waals surface area contributed by atoms with Gasteiger partial charge in [-0.15, -0.1) is 0 Å². The van der Waals surface area contributed by atoms with Crippen LogP contribution in [-0.4, -0.2) is 30.1 Å². The first-order valence-electron chi connectivity index (χ1n) is 8.13. The molecule has 2 rings (SSSR count). The predicted molar refractivity (Wildman–Crippen MR) is 101 cm³/mol. The molecule has 0 aromatic heterocycles. The number of carbonyl (C=O) groups excluding carboxylic acids is 1. The molecule has 0 bridgehead atoms. The number of hydrogen-bond donors (Lipinski definition) is 2. The minimum atomic E-state index is -0.987. The van der Waals surface area contributed by atoms with Gasteiger partial charge < -0.3 is 15.2 Å². The molecule has 2 aromatic carbocycles. The molecule has 2 aromatic rings. The number of nitrogens with one attached hydrogen (secondary N) is 1. The lowest BCUT2D eigenvalue weighted by Gasteiger charge is -2.09. The number of carbonyl (C=O) groups is 2. The Kier molecular flexibility index (Phi) is 7.75. The Hall–Kier alpha value is -2.24. The molecule has 1 amide bonds. The summed E-state index contributed by atoms with van der Waals surface area (Å²) in [4.78, 5) is 23.0. The van der Waals surface area contributed by atoms with Gasteiger partial charge >= 0.3 is 5.97 Å². The minimum absolute atomic E-state index is 0.130. The number of carboxylic acid groups (broad SMARTS) is 1. The standard InChI is InChI=1S/C19H19Cl2NO4/c20-14-7-8-17(16(21)12-14)26-11-3-10-22-18(23)9-6-13-4-1-2-5-15(13)19(24)25/h1-2,4-5,7-8,12H,3,6,9-11H2,(H,22,23)(H,24,25). The van der Waals surface area contributed by atoms with E-state index in [1.54, 1.807) is 36.4 Å². The molecule has 0 unspecified atom stereocenters. The van der Waals surface area contributed by atoms with Crippen LogP contribution >= 0.6 is 23.2 Å². The van der Waals surface area contributed by atoms with E-state index in [4.69, 9.17) is 33.0 Å². The van der Waals surface area contributed by atoms with Crippen molar-refractivity contribution < 1.29 is 19.4 Å². The average Bonchev–Trinajstić information content (AvgIpc) is 2.61. The van der Waals surface area contributed by atoms with Crippen LogP contribution in [0.2, 0.25) is 10.0 Å². The molecule has 0 aliphatic carbocycles. The molecular formula is C19H19Cl2NO4. The maximum Gasteiger partial charge on any atom is 0.335 e. The Morgan fingerprint density at radius 1 is 1.12 bits per heavy atom. The van der Waals surface area contributed by atoms with Gasteiger partial charge in [-0.25, -0.2) is 4.79 Å². The number of aromatic carboxylic acids is 1. The van der Waals surface area contributed by atoms with E-state index in [0.29, 0.717) is 47.4 Å². The lowest BCUT2D eigenvalue weighted by atomic mass is 10.0. The highest BCUT2D eigenvalue weighted by Crippen LogP contribution is 2.27. The van der Waals surface area contributed by atoms with Crippen LogP contribution in [0.5, 0.6) is 5.75 Å². The normalized spacial score (nSPS) is 10.4. The summed E-state index contributed by atoms with van der Waals surface area (Å²) in [6.45, 7) is 0.869. The highest BCUT2D eigenvalue weighted by atomic mass is 35.5. The van der Waals surface area contributed by atoms with Gasteiger partial charge in [-0.2, -0.15) is 0 Å². The first-order chi connectivity index (χ1) is 12.5. The van der Waals surface area contributed by atoms with E-state index in [0.717, 1.165) is 0 Å². The first kappa shape index (κ1) is 20.1. The van der Waals surface area contributed by atoms with Crippen molar-refractivity contribution in [2.24, 2.45) is 0 Å². The van der Waals surface area contributed by atoms with Gasteiger partial charge in [-0.05, 0) is 42.7 Å². The van der Waals surface area contributed by atoms with E-state index in [9.17, 15) is 9.59 Å². The van der Waals surface area contributed by atoms with E-state index in [1.807, 2.05) is 0 Å². The molecule has 0 saturated carbocycles. The Bertz CT molecular complexity index is 780. The molecule has 0 aliphatic rings. The van der Waals surface area contributed by atoms with Crippen LogP contribution in [0, 0.1) is 0 Å². The number of ether oxygens (including phenoxy) is 1. The van der Waals surface area contributed by atoms with Gasteiger partial charge in [0.2, 0.25) is 5.91 Å². The number of benzene rings is 2. The molecule has 138 valence electrons. The van der Waals surface area contributed by atoms with Crippen LogP contribution in [0.3, 0.4) is 0 Å². The highest BCUT2D eigenvalue weighted by Gasteiger charge is 2.10. The van der Waals surface area contributed by atoms with Gasteiger partial charge in [0.05, 0.1) is 17.2 Å². The molecule has 5 nitrogen and oxygen atoms in total. The summed E-state index contributed by atoms with van der Waals surface area (Å²) in [6, 6.07) is 11.7. The maximum atomic E-state index is 11.9. The molecule has 0 fully saturated rings. The average molecular weight is 396 g/mol. The molecule has 2 N–H and O–H groups in total. The monoisotopic (exact) mass is 395 g/mol. The van der Waals surface area contributed by atoms with E-state index in [-0.39, 0.29) is 17.9 Å². The van der Waals surface area contributed by atoms with Gasteiger partial charge in [0.15, 0.2) is 0 Å². The summed E-state index contributed by atoms with van der Waals surface area (Å²) in [5.74, 6) is -0.568. The molecule has 0 aliphatic heterocycles. The van der Waals surface area contributed by atoms with E-state index in [2.05, 4.69) is 5.32 Å². The fourth-order valence-electron chi connectivity index (χ4n) is 2.36. The van der Waals surface area contributed by atoms with E-state index >= 15 is 0 Å². The smallest absolute Gasteiger partial charge is 0.335 e. The second-order valence-electron chi connectivity index (χ2n) is 5.59. The number of carboxylic acids is 1. The summed E-state index contributed by atoms with van der Waals surface area (Å²) in [5.41, 5.74) is 0.879. The van der Waals surface area contributed by atoms with Gasteiger partial charge in [-0.1, -0.05) is 41.4 Å². The quantitative estimate of drug-likeness (QED) is 0.623. The molecule has 26 heavy (non-hydrogen) atoms. The Morgan fingerprint density at radius 3 is 2.62 bits per heavy atom. The van der Waals surface area contributed by atoms with Crippen molar-refractivity contribution in [3.63, 3.8) is 0 Å². The molecule has 0 atom stereocenters. The van der Waals surface area contributed by atoms with E-state index < -0.39 is 5.97 Å². The van der Waals surface area contributed by atoms with E-state index in [1.165, 1.54) is 6.07 Å². The van der Waals surface area contributed by atoms with Crippen molar-refractivity contribution in [2.45, 2.75) is 19.3 Å². The zero-order valence-electron chi connectivity index (χ0n) is 14.0. The lowest BCUT2D eigenvalue weighted by molar-refractivity contribution is -0.121. The van der Waals surface area contributed by atoms with Gasteiger partial charge in [0, 0.05) is 18.0 Å². The number of amides is 1. The molecule has 7 heteroatoms. The van der Waals surface area contributed by atoms with Crippen LogP contribution in [-0.2, 0) is 11.2 Å². The first-order valence-corrected chi connectivity index (χ1v) is 8.88. The Morgan fingerprint density at radius 2 is 1.88 bits per heavy atom. The van der Waals surface area contributed by atoms with Gasteiger partial charge in [0.25, 0.3) is 0 Å². The van der Waals surface area contributed by atoms with Gasteiger partial charge in [-0.3, -0.25) is 4.79 Å². The van der Waals surface area contributed by atoms with Crippen molar-refractivity contribution in [1.82, 2.24) is 5.32 Å². The van der Waals surface area contributed by atoms with Crippen LogP contribution in [0.15, 0.2) is 42.5 Å². The summed E-state index contributed by atoms with van der Waals surface area (Å²) >= 11 is 11.8. The largest absolute Gasteiger partial charge is 0.492 e. The fraction of sp³-hybridized carbons (Fsp3) is 0.263. The molecule has 0 radical (unpaired) electrons. The second kappa shape index (κ2) is 10.0. The Labute approximate surface area is 161 Å². The number of halogens is 2. The van der Waals surface area contributed by atoms with Crippen LogP contribution in [0.4, 0.5) is 0 Å². The maximum absolute atomic E-state index is 11.9. The number of aryl methyl sites for hydroxylation is 1. The fourth-order valence-corrected chi connectivity index (χ4v) is 2.82. The Balaban J connectivity index is 1.67. The van der Waals surface area contributed by atoms with Crippen LogP contribution in [0.1, 0.15) is 28.8 Å². The summed E-state index contributed by atoms with van der Waals surface area (Å²) in [5, 5.41) is 12.9. The molecular weight excluding hydrogens is 377 g/mol. The summed E-state index contributed by atoms with van der Waals surface area (Å²) in [6.07, 6.45) is 1.23. The van der Waals surface area contributed by atoms with Gasteiger partial charge in [0.1, 0.15) is 5.75 Å². The molecule has 0 saturated heterocycles. The SMILES string of the molecule is O=C(CCc1ccccc1C(=O)O)NCCCOc1ccc(Cl)cc1Cl. The molecule has 0 spiro atoms. The van der Waals surface area contributed by atoms with Crippen molar-refractivity contribution >= 4 is 35.1 Å². The minimum Gasteiger partial charge on any atom is -0.492 e. The third-order valence-electron chi connectivity index (χ3n) is 3.66. The zero-order valence-corrected chi connectivity index (χ0v) is 15.5. The van der Waals surface area contributed by atoms with Crippen molar-refractivity contribution in [1.29, 1.82) is 0 Å². The second-order valence-corrected chi connectivity index (χ2v) is 6.43. The van der Waals surface area contributed by atoms with Crippen molar-refractivity contribution in [2.75, 3.05) is 13.2 Å². The third-order valence-corrected chi connectivity index (χ3v) is 4.19. The van der Waals surface area contributed by atoms with Crippen LogP contribution in [0.25, 0.3) is 0 Å². The number of hydrogen-bond acceptors (Lipinski definition) is 3. The highest BCUT2D eigenvalue weighted by molar-refractivity contribution is 6.35. The summed E-state index contributed by atoms with van der Waals surface area (Å²) < 4.78 is 5.54. The molecule has 0 heterocycles. The third kappa shape index (κ3) is 6.24. The lowest BCUT2D eigenvalue weighted by Crippen LogP contribution is -2.26. The topological polar surface area (TPSA) is 75.6 Å². The van der Waals surface area contributed by atoms with Crippen molar-refractivity contribution in [3.8, 4) is 5.75 Å². The summed E-state index contributed by atoms with van der Waals surface area (Å²) in [7, 11) is 0. The van der Waals surface area contributed by atoms with Crippen LogP contribution < -0.4 is 10.1 Å². The predicted octanol–water partition coefficient (Wildman–Crippen LogP) is 4.21. The van der Waals surface area contributed by atoms with Crippen molar-refractivity contribution in [3.05, 3.63) is 63.6 Å². The zero-order chi connectivity index (χ0) is 18.9.